The molecule has 0 fully saturated rings. The molecule has 0 unspecified atom stereocenters. The van der Waals surface area contributed by atoms with E-state index in [0.29, 0.717) is 5.17 Å². The monoisotopic (exact) mass is 231 g/mol. The minimum atomic E-state index is 0.498. The second-order valence-corrected chi connectivity index (χ2v) is 4.91. The highest BCUT2D eigenvalue weighted by molar-refractivity contribution is 8.13. The third-order valence-electron chi connectivity index (χ3n) is 2.38. The van der Waals surface area contributed by atoms with Crippen LogP contribution in [0.4, 0.5) is 0 Å². The SMILES string of the molecule is CCCCCCCCCCSC(N)=NN. The van der Waals surface area contributed by atoms with Gasteiger partial charge in [-0.05, 0) is 6.42 Å². The lowest BCUT2D eigenvalue weighted by Crippen LogP contribution is -2.09. The van der Waals surface area contributed by atoms with Crippen LogP contribution in [0.2, 0.25) is 0 Å². The molecular weight excluding hydrogens is 206 g/mol. The second kappa shape index (κ2) is 11.7. The Morgan fingerprint density at radius 1 is 1.00 bits per heavy atom. The van der Waals surface area contributed by atoms with Gasteiger partial charge in [-0.2, -0.15) is 5.10 Å². The molecule has 0 saturated carbocycles. The molecule has 0 aliphatic rings. The van der Waals surface area contributed by atoms with Gasteiger partial charge in [0.2, 0.25) is 0 Å². The van der Waals surface area contributed by atoms with E-state index in [1.54, 1.807) is 11.8 Å². The molecule has 0 rings (SSSR count). The maximum absolute atomic E-state index is 5.46. The van der Waals surface area contributed by atoms with Crippen molar-refractivity contribution < 1.29 is 0 Å². The summed E-state index contributed by atoms with van der Waals surface area (Å²) >= 11 is 1.55. The van der Waals surface area contributed by atoms with Crippen molar-refractivity contribution in [1.82, 2.24) is 0 Å². The minimum absolute atomic E-state index is 0.498. The minimum Gasteiger partial charge on any atom is -0.377 e. The molecule has 0 amide bonds. The van der Waals surface area contributed by atoms with Gasteiger partial charge in [0.05, 0.1) is 0 Å². The van der Waals surface area contributed by atoms with Crippen LogP contribution in [0.15, 0.2) is 5.10 Å². The van der Waals surface area contributed by atoms with Gasteiger partial charge < -0.3 is 11.6 Å². The van der Waals surface area contributed by atoms with Crippen molar-refractivity contribution in [2.24, 2.45) is 16.7 Å². The number of amidine groups is 1. The molecule has 15 heavy (non-hydrogen) atoms. The van der Waals surface area contributed by atoms with Crippen LogP contribution in [0.25, 0.3) is 0 Å². The summed E-state index contributed by atoms with van der Waals surface area (Å²) in [6, 6.07) is 0. The number of nitrogens with zero attached hydrogens (tertiary/aromatic N) is 1. The predicted molar refractivity (Wildman–Crippen MR) is 70.9 cm³/mol. The Labute approximate surface area is 98.1 Å². The number of thioether (sulfide) groups is 1. The summed E-state index contributed by atoms with van der Waals surface area (Å²) in [5.41, 5.74) is 5.46. The molecule has 90 valence electrons. The number of hydrazone groups is 1. The Bertz CT molecular complexity index is 160. The number of rotatable bonds is 9. The number of unbranched alkanes of at least 4 members (excludes halogenated alkanes) is 7. The van der Waals surface area contributed by atoms with E-state index in [1.807, 2.05) is 0 Å². The van der Waals surface area contributed by atoms with E-state index in [9.17, 15) is 0 Å². The lowest BCUT2D eigenvalue weighted by Gasteiger charge is -2.01. The fraction of sp³-hybridized carbons (Fsp3) is 0.909. The van der Waals surface area contributed by atoms with Crippen LogP contribution in [0.1, 0.15) is 58.3 Å². The van der Waals surface area contributed by atoms with Crippen molar-refractivity contribution in [3.63, 3.8) is 0 Å². The van der Waals surface area contributed by atoms with Gasteiger partial charge in [-0.25, -0.2) is 0 Å². The Kier molecular flexibility index (Phi) is 11.4. The molecule has 0 heterocycles. The third kappa shape index (κ3) is 11.5. The number of hydrogen-bond donors (Lipinski definition) is 2. The lowest BCUT2D eigenvalue weighted by atomic mass is 10.1. The number of hydrogen-bond acceptors (Lipinski definition) is 3. The maximum atomic E-state index is 5.46. The van der Waals surface area contributed by atoms with E-state index in [2.05, 4.69) is 12.0 Å². The van der Waals surface area contributed by atoms with E-state index in [-0.39, 0.29) is 0 Å². The highest BCUT2D eigenvalue weighted by atomic mass is 32.2. The Morgan fingerprint density at radius 3 is 2.07 bits per heavy atom. The first-order valence-electron chi connectivity index (χ1n) is 5.97. The van der Waals surface area contributed by atoms with E-state index < -0.39 is 0 Å². The van der Waals surface area contributed by atoms with Crippen LogP contribution in [0.5, 0.6) is 0 Å². The summed E-state index contributed by atoms with van der Waals surface area (Å²) < 4.78 is 0. The molecule has 0 bridgehead atoms. The third-order valence-corrected chi connectivity index (χ3v) is 3.27. The van der Waals surface area contributed by atoms with Crippen molar-refractivity contribution in [1.29, 1.82) is 0 Å². The molecule has 0 saturated heterocycles. The molecule has 4 heteroatoms. The first kappa shape index (κ1) is 14.6. The van der Waals surface area contributed by atoms with Gasteiger partial charge in [-0.15, -0.1) is 0 Å². The van der Waals surface area contributed by atoms with Crippen molar-refractivity contribution in [2.45, 2.75) is 58.3 Å². The number of nitrogens with two attached hydrogens (primary N) is 2. The lowest BCUT2D eigenvalue weighted by molar-refractivity contribution is 0.586. The zero-order chi connectivity index (χ0) is 11.4. The first-order valence-corrected chi connectivity index (χ1v) is 6.96. The molecule has 0 aliphatic carbocycles. The highest BCUT2D eigenvalue weighted by Gasteiger charge is 1.94. The first-order chi connectivity index (χ1) is 7.31. The molecule has 4 N–H and O–H groups in total. The van der Waals surface area contributed by atoms with Gasteiger partial charge >= 0.3 is 0 Å². The smallest absolute Gasteiger partial charge is 0.177 e. The van der Waals surface area contributed by atoms with Gasteiger partial charge in [0.25, 0.3) is 0 Å². The normalized spacial score (nSPS) is 11.9. The van der Waals surface area contributed by atoms with Crippen LogP contribution in [-0.4, -0.2) is 10.9 Å². The van der Waals surface area contributed by atoms with Crippen LogP contribution in [0.3, 0.4) is 0 Å². The van der Waals surface area contributed by atoms with E-state index in [1.165, 1.54) is 51.4 Å². The molecule has 0 aromatic carbocycles. The molecular formula is C11H25N3S. The summed E-state index contributed by atoms with van der Waals surface area (Å²) in [7, 11) is 0. The Hall–Kier alpha value is -0.380. The van der Waals surface area contributed by atoms with Crippen LogP contribution < -0.4 is 11.6 Å². The zero-order valence-corrected chi connectivity index (χ0v) is 10.7. The second-order valence-electron chi connectivity index (χ2n) is 3.79. The highest BCUT2D eigenvalue weighted by Crippen LogP contribution is 2.10. The average molecular weight is 231 g/mol. The Balaban J connectivity index is 2.99. The molecule has 0 aliphatic heterocycles. The van der Waals surface area contributed by atoms with Gasteiger partial charge in [0, 0.05) is 5.75 Å². The standard InChI is InChI=1S/C11H25N3S/c1-2-3-4-5-6-7-8-9-10-15-11(12)14-13/h2-10,13H2,1H3,(H2,12,14). The summed E-state index contributed by atoms with van der Waals surface area (Å²) in [6.45, 7) is 2.25. The molecule has 0 radical (unpaired) electrons. The van der Waals surface area contributed by atoms with Crippen molar-refractivity contribution in [3.05, 3.63) is 0 Å². The van der Waals surface area contributed by atoms with Crippen molar-refractivity contribution in [2.75, 3.05) is 5.75 Å². The topological polar surface area (TPSA) is 64.4 Å². The molecule has 0 atom stereocenters. The van der Waals surface area contributed by atoms with Crippen molar-refractivity contribution in [3.8, 4) is 0 Å². The predicted octanol–water partition coefficient (Wildman–Crippen LogP) is 3.05. The molecule has 0 aromatic rings. The summed E-state index contributed by atoms with van der Waals surface area (Å²) in [5.74, 6) is 6.07. The Morgan fingerprint density at radius 2 is 1.53 bits per heavy atom. The average Bonchev–Trinajstić information content (AvgIpc) is 2.26. The van der Waals surface area contributed by atoms with Gasteiger partial charge in [-0.3, -0.25) is 0 Å². The van der Waals surface area contributed by atoms with Crippen molar-refractivity contribution >= 4 is 16.9 Å². The summed E-state index contributed by atoms with van der Waals surface area (Å²) in [6.07, 6.45) is 10.8. The summed E-state index contributed by atoms with van der Waals surface area (Å²) in [4.78, 5) is 0. The zero-order valence-electron chi connectivity index (χ0n) is 9.87. The van der Waals surface area contributed by atoms with Crippen LogP contribution in [0, 0.1) is 0 Å². The van der Waals surface area contributed by atoms with Crippen LogP contribution in [-0.2, 0) is 0 Å². The van der Waals surface area contributed by atoms with E-state index in [0.717, 1.165) is 5.75 Å². The van der Waals surface area contributed by atoms with Gasteiger partial charge in [0.1, 0.15) is 0 Å². The molecule has 0 aromatic heterocycles. The fourth-order valence-electron chi connectivity index (χ4n) is 1.45. The molecule has 3 nitrogen and oxygen atoms in total. The van der Waals surface area contributed by atoms with Gasteiger partial charge in [0.15, 0.2) is 5.17 Å². The van der Waals surface area contributed by atoms with Crippen LogP contribution >= 0.6 is 11.8 Å². The van der Waals surface area contributed by atoms with Gasteiger partial charge in [-0.1, -0.05) is 63.6 Å². The molecule has 0 spiro atoms. The van der Waals surface area contributed by atoms with E-state index in [4.69, 9.17) is 11.6 Å². The maximum Gasteiger partial charge on any atom is 0.177 e. The van der Waals surface area contributed by atoms with E-state index >= 15 is 0 Å². The quantitative estimate of drug-likeness (QED) is 0.211. The largest absolute Gasteiger partial charge is 0.377 e. The fourth-order valence-corrected chi connectivity index (χ4v) is 2.08. The summed E-state index contributed by atoms with van der Waals surface area (Å²) in [5, 5.41) is 3.91.